The van der Waals surface area contributed by atoms with E-state index >= 15 is 0 Å². The van der Waals surface area contributed by atoms with Crippen molar-refractivity contribution in [2.24, 2.45) is 0 Å². The number of benzene rings is 1. The summed E-state index contributed by atoms with van der Waals surface area (Å²) in [5.74, 6) is -2.39. The zero-order valence-corrected chi connectivity index (χ0v) is 18.9. The van der Waals surface area contributed by atoms with E-state index in [1.54, 1.807) is 0 Å². The van der Waals surface area contributed by atoms with Gasteiger partial charge in [-0.15, -0.1) is 0 Å². The van der Waals surface area contributed by atoms with E-state index in [-0.39, 0.29) is 31.0 Å². The summed E-state index contributed by atoms with van der Waals surface area (Å²) < 4.78 is 2.51. The Morgan fingerprint density at radius 1 is 1.08 bits per heavy atom. The molecule has 0 atom stereocenters. The first-order valence-corrected chi connectivity index (χ1v) is 9.45. The first-order chi connectivity index (χ1) is 10.6. The van der Waals surface area contributed by atoms with Crippen LogP contribution in [0.3, 0.4) is 0 Å². The number of carbonyl (C=O) groups is 3. The van der Waals surface area contributed by atoms with Crippen LogP contribution in [-0.2, 0) is 20.9 Å². The van der Waals surface area contributed by atoms with E-state index in [0.29, 0.717) is 5.69 Å². The normalized spacial score (nSPS) is 10.2. The van der Waals surface area contributed by atoms with E-state index < -0.39 is 11.9 Å². The van der Waals surface area contributed by atoms with Gasteiger partial charge in [0.2, 0.25) is 5.91 Å². The molecule has 0 fully saturated rings. The molecule has 0 saturated carbocycles. The minimum Gasteiger partial charge on any atom is -0.480 e. The van der Waals surface area contributed by atoms with Crippen LogP contribution in [0.25, 0.3) is 0 Å². The first kappa shape index (κ1) is 23.7. The van der Waals surface area contributed by atoms with Gasteiger partial charge in [0.05, 0.1) is 18.8 Å². The van der Waals surface area contributed by atoms with Crippen LogP contribution in [0.1, 0.15) is 12.5 Å². The molecule has 1 aromatic carbocycles. The number of aliphatic carboxylic acids is 2. The molecular formula is C13H15I3N2O6. The second kappa shape index (κ2) is 10.7. The predicted molar refractivity (Wildman–Crippen MR) is 113 cm³/mol. The monoisotopic (exact) mass is 676 g/mol. The second-order valence-corrected chi connectivity index (χ2v) is 8.02. The molecule has 8 nitrogen and oxygen atoms in total. The van der Waals surface area contributed by atoms with Crippen molar-refractivity contribution in [3.8, 4) is 0 Å². The Kier molecular flexibility index (Phi) is 10.6. The Bertz CT molecular complexity index is 637. The number of anilines is 1. The van der Waals surface area contributed by atoms with Crippen molar-refractivity contribution in [3.63, 3.8) is 0 Å². The fourth-order valence-corrected chi connectivity index (χ4v) is 5.82. The molecule has 5 N–H and O–H groups in total. The highest BCUT2D eigenvalue weighted by molar-refractivity contribution is 14.1. The van der Waals surface area contributed by atoms with Gasteiger partial charge in [-0.2, -0.15) is 0 Å². The molecule has 0 radical (unpaired) electrons. The van der Waals surface area contributed by atoms with Crippen molar-refractivity contribution in [2.45, 2.75) is 13.5 Å². The summed E-state index contributed by atoms with van der Waals surface area (Å²) in [6, 6.07) is 1.86. The number of carboxylic acids is 2. The van der Waals surface area contributed by atoms with Gasteiger partial charge < -0.3 is 21.0 Å². The van der Waals surface area contributed by atoms with Crippen LogP contribution in [0.2, 0.25) is 0 Å². The largest absolute Gasteiger partial charge is 0.480 e. The zero-order chi connectivity index (χ0) is 17.7. The topological polar surface area (TPSA) is 138 Å². The quantitative estimate of drug-likeness (QED) is 0.376. The minimum atomic E-state index is -1.09. The number of carbonyl (C=O) groups excluding carboxylic acids is 1. The number of carboxylic acid groups (broad SMARTS) is 2. The van der Waals surface area contributed by atoms with E-state index in [0.717, 1.165) is 16.3 Å². The minimum absolute atomic E-state index is 0. The van der Waals surface area contributed by atoms with Gasteiger partial charge in [-0.3, -0.25) is 19.3 Å². The lowest BCUT2D eigenvalue weighted by molar-refractivity contribution is -0.142. The van der Waals surface area contributed by atoms with Crippen LogP contribution < -0.4 is 5.32 Å². The van der Waals surface area contributed by atoms with Gasteiger partial charge in [0.15, 0.2) is 0 Å². The lowest BCUT2D eigenvalue weighted by Gasteiger charge is -2.21. The Balaban J connectivity index is 0.00000529. The van der Waals surface area contributed by atoms with Crippen LogP contribution in [0.15, 0.2) is 6.07 Å². The highest BCUT2D eigenvalue weighted by Crippen LogP contribution is 2.32. The van der Waals surface area contributed by atoms with Crippen molar-refractivity contribution in [2.75, 3.05) is 18.4 Å². The summed E-state index contributed by atoms with van der Waals surface area (Å²) in [7, 11) is 0. The first-order valence-electron chi connectivity index (χ1n) is 6.21. The maximum absolute atomic E-state index is 11.3. The Hall–Kier alpha value is -0.260. The van der Waals surface area contributed by atoms with Crippen LogP contribution >= 0.6 is 67.8 Å². The molecule has 1 amide bonds. The van der Waals surface area contributed by atoms with Crippen molar-refractivity contribution in [3.05, 3.63) is 22.3 Å². The third kappa shape index (κ3) is 7.32. The van der Waals surface area contributed by atoms with Crippen LogP contribution in [0, 0.1) is 10.7 Å². The molecule has 134 valence electrons. The zero-order valence-electron chi connectivity index (χ0n) is 12.4. The fraction of sp³-hybridized carbons (Fsp3) is 0.308. The standard InChI is InChI=1S/C13H13I3N2O5.H2O/c1-6(19)17-13-9(15)2-8(14)7(12(13)16)3-18(4-10(20)21)5-11(22)23;/h2H,3-5H2,1H3,(H,17,19)(H,20,21)(H,22,23);1H2. The van der Waals surface area contributed by atoms with Gasteiger partial charge >= 0.3 is 11.9 Å². The van der Waals surface area contributed by atoms with Gasteiger partial charge in [0, 0.05) is 24.2 Å². The van der Waals surface area contributed by atoms with E-state index in [1.807, 2.05) is 6.07 Å². The highest BCUT2D eigenvalue weighted by atomic mass is 127. The summed E-state index contributed by atoms with van der Waals surface area (Å²) in [5.41, 5.74) is 1.44. The van der Waals surface area contributed by atoms with Crippen LogP contribution in [0.4, 0.5) is 5.69 Å². The van der Waals surface area contributed by atoms with Crippen molar-refractivity contribution < 1.29 is 30.1 Å². The molecular weight excluding hydrogens is 661 g/mol. The fourth-order valence-electron chi connectivity index (χ4n) is 1.84. The van der Waals surface area contributed by atoms with Gasteiger partial charge in [-0.25, -0.2) is 0 Å². The predicted octanol–water partition coefficient (Wildman–Crippen LogP) is 1.61. The van der Waals surface area contributed by atoms with E-state index in [2.05, 4.69) is 73.1 Å². The summed E-state index contributed by atoms with van der Waals surface area (Å²) in [4.78, 5) is 34.5. The molecule has 1 rings (SSSR count). The molecule has 0 spiro atoms. The number of amides is 1. The van der Waals surface area contributed by atoms with E-state index in [9.17, 15) is 14.4 Å². The second-order valence-electron chi connectivity index (χ2n) is 4.62. The maximum atomic E-state index is 11.3. The third-order valence-electron chi connectivity index (χ3n) is 2.67. The third-order valence-corrected chi connectivity index (χ3v) is 5.67. The number of nitrogens with zero attached hydrogens (tertiary/aromatic N) is 1. The van der Waals surface area contributed by atoms with Gasteiger partial charge in [-0.1, -0.05) is 0 Å². The molecule has 0 heterocycles. The summed E-state index contributed by atoms with van der Waals surface area (Å²) >= 11 is 6.31. The molecule has 11 heteroatoms. The number of hydrogen-bond acceptors (Lipinski definition) is 4. The lowest BCUT2D eigenvalue weighted by Crippen LogP contribution is -2.34. The van der Waals surface area contributed by atoms with Crippen LogP contribution in [0.5, 0.6) is 0 Å². The summed E-state index contributed by atoms with van der Waals surface area (Å²) in [5, 5.41) is 20.6. The molecule has 0 bridgehead atoms. The molecule has 0 aromatic heterocycles. The van der Waals surface area contributed by atoms with E-state index in [1.165, 1.54) is 11.8 Å². The number of halogens is 3. The number of nitrogens with one attached hydrogen (secondary N) is 1. The summed E-state index contributed by atoms with van der Waals surface area (Å²) in [6.07, 6.45) is 0. The average Bonchev–Trinajstić information content (AvgIpc) is 2.37. The lowest BCUT2D eigenvalue weighted by atomic mass is 10.2. The molecule has 0 aliphatic carbocycles. The van der Waals surface area contributed by atoms with Crippen LogP contribution in [-0.4, -0.2) is 51.5 Å². The molecule has 0 aliphatic heterocycles. The number of rotatable bonds is 7. The van der Waals surface area contributed by atoms with Gasteiger partial charge in [0.1, 0.15) is 0 Å². The van der Waals surface area contributed by atoms with Crippen molar-refractivity contribution in [1.29, 1.82) is 0 Å². The molecule has 1 aromatic rings. The molecule has 0 saturated heterocycles. The van der Waals surface area contributed by atoms with Crippen molar-refractivity contribution in [1.82, 2.24) is 4.90 Å². The Labute approximate surface area is 179 Å². The molecule has 0 unspecified atom stereocenters. The summed E-state index contributed by atoms with van der Waals surface area (Å²) in [6.45, 7) is 0.823. The average molecular weight is 676 g/mol. The van der Waals surface area contributed by atoms with Crippen molar-refractivity contribution >= 4 is 91.3 Å². The van der Waals surface area contributed by atoms with Gasteiger partial charge in [0.25, 0.3) is 0 Å². The molecule has 0 aliphatic rings. The van der Waals surface area contributed by atoms with E-state index in [4.69, 9.17) is 10.2 Å². The highest BCUT2D eigenvalue weighted by Gasteiger charge is 2.20. The Morgan fingerprint density at radius 2 is 1.58 bits per heavy atom. The maximum Gasteiger partial charge on any atom is 0.317 e. The Morgan fingerprint density at radius 3 is 2.00 bits per heavy atom. The molecule has 24 heavy (non-hydrogen) atoms. The van der Waals surface area contributed by atoms with Gasteiger partial charge in [-0.05, 0) is 79.4 Å². The SMILES string of the molecule is CC(=O)Nc1c(I)cc(I)c(CN(CC(=O)O)CC(=O)O)c1I.O. The number of hydrogen-bond donors (Lipinski definition) is 3. The smallest absolute Gasteiger partial charge is 0.317 e.